The summed E-state index contributed by atoms with van der Waals surface area (Å²) in [4.78, 5) is 11.8. The van der Waals surface area contributed by atoms with Crippen LogP contribution in [0.2, 0.25) is 0 Å². The number of halogens is 1. The van der Waals surface area contributed by atoms with E-state index in [1.807, 2.05) is 66.7 Å². The maximum atomic E-state index is 11.8. The van der Waals surface area contributed by atoms with Crippen LogP contribution in [0.15, 0.2) is 88.4 Å². The molecule has 0 bridgehead atoms. The van der Waals surface area contributed by atoms with Crippen molar-refractivity contribution < 1.29 is 14.3 Å². The van der Waals surface area contributed by atoms with Crippen LogP contribution in [0.3, 0.4) is 0 Å². The van der Waals surface area contributed by atoms with Crippen molar-refractivity contribution in [3.63, 3.8) is 0 Å². The normalized spacial score (nSPS) is 10.6. The molecule has 0 heterocycles. The highest BCUT2D eigenvalue weighted by atomic mass is 79.9. The maximum Gasteiger partial charge on any atom is 0.277 e. The zero-order chi connectivity index (χ0) is 19.6. The van der Waals surface area contributed by atoms with Crippen molar-refractivity contribution in [3.8, 4) is 11.5 Å². The van der Waals surface area contributed by atoms with E-state index in [1.165, 1.54) is 0 Å². The van der Waals surface area contributed by atoms with Crippen LogP contribution in [-0.4, -0.2) is 18.7 Å². The van der Waals surface area contributed by atoms with Gasteiger partial charge in [0, 0.05) is 4.47 Å². The molecule has 0 unspecified atom stereocenters. The Balaban J connectivity index is 1.45. The van der Waals surface area contributed by atoms with Gasteiger partial charge in [-0.3, -0.25) is 4.79 Å². The van der Waals surface area contributed by atoms with Crippen LogP contribution in [0, 0.1) is 0 Å². The number of nitrogens with zero attached hydrogens (tertiary/aromatic N) is 1. The number of hydrazone groups is 1. The number of carbonyl (C=O) groups excluding carboxylic acids is 1. The number of rotatable bonds is 8. The first-order chi connectivity index (χ1) is 13.7. The second-order valence-corrected chi connectivity index (χ2v) is 6.80. The van der Waals surface area contributed by atoms with Gasteiger partial charge >= 0.3 is 0 Å². The van der Waals surface area contributed by atoms with Crippen molar-refractivity contribution in [2.45, 2.75) is 6.61 Å². The first kappa shape index (κ1) is 19.6. The van der Waals surface area contributed by atoms with Crippen LogP contribution < -0.4 is 14.9 Å². The van der Waals surface area contributed by atoms with Crippen molar-refractivity contribution in [2.24, 2.45) is 5.10 Å². The minimum atomic E-state index is -0.337. The summed E-state index contributed by atoms with van der Waals surface area (Å²) in [5.41, 5.74) is 4.36. The Bertz CT molecular complexity index is 928. The molecule has 3 aromatic rings. The molecule has 1 N–H and O–H groups in total. The van der Waals surface area contributed by atoms with E-state index in [0.717, 1.165) is 21.3 Å². The molecule has 0 radical (unpaired) electrons. The van der Waals surface area contributed by atoms with Crippen molar-refractivity contribution >= 4 is 28.1 Å². The van der Waals surface area contributed by atoms with Gasteiger partial charge in [-0.1, -0.05) is 58.4 Å². The number of hydrogen-bond donors (Lipinski definition) is 1. The van der Waals surface area contributed by atoms with Gasteiger partial charge in [-0.05, 0) is 47.5 Å². The minimum Gasteiger partial charge on any atom is -0.489 e. The second-order valence-electron chi connectivity index (χ2n) is 5.88. The number of carbonyl (C=O) groups is 1. The molecule has 0 spiro atoms. The van der Waals surface area contributed by atoms with Crippen molar-refractivity contribution in [1.29, 1.82) is 0 Å². The fraction of sp³-hybridized carbons (Fsp3) is 0.0909. The lowest BCUT2D eigenvalue weighted by atomic mass is 10.2. The molecule has 0 aromatic heterocycles. The number of amides is 1. The van der Waals surface area contributed by atoms with E-state index < -0.39 is 0 Å². The van der Waals surface area contributed by atoms with E-state index in [2.05, 4.69) is 26.5 Å². The Labute approximate surface area is 172 Å². The molecule has 6 heteroatoms. The molecule has 0 fully saturated rings. The van der Waals surface area contributed by atoms with Gasteiger partial charge in [0.2, 0.25) is 0 Å². The standard InChI is InChI=1S/C22H19BrN2O3/c23-19-9-11-20(12-10-19)28-16-22(26)25-24-14-18-7-4-8-21(13-18)27-15-17-5-2-1-3-6-17/h1-14H,15-16H2,(H,25,26)/b24-14-. The summed E-state index contributed by atoms with van der Waals surface area (Å²) in [7, 11) is 0. The van der Waals surface area contributed by atoms with Crippen LogP contribution in [0.5, 0.6) is 11.5 Å². The Morgan fingerprint density at radius 3 is 2.50 bits per heavy atom. The van der Waals surface area contributed by atoms with E-state index in [4.69, 9.17) is 9.47 Å². The third-order valence-corrected chi connectivity index (χ3v) is 4.22. The second kappa shape index (κ2) is 10.3. The molecular weight excluding hydrogens is 420 g/mol. The molecule has 0 atom stereocenters. The SMILES string of the molecule is O=C(COc1ccc(Br)cc1)N/N=C\c1cccc(OCc2ccccc2)c1. The summed E-state index contributed by atoms with van der Waals surface area (Å²) in [6.45, 7) is 0.380. The van der Waals surface area contributed by atoms with Crippen LogP contribution in [0.4, 0.5) is 0 Å². The van der Waals surface area contributed by atoms with Gasteiger partial charge in [0.1, 0.15) is 18.1 Å². The quantitative estimate of drug-likeness (QED) is 0.414. The van der Waals surface area contributed by atoms with E-state index in [-0.39, 0.29) is 12.5 Å². The molecule has 3 aromatic carbocycles. The van der Waals surface area contributed by atoms with Crippen molar-refractivity contribution in [3.05, 3.63) is 94.5 Å². The molecule has 3 rings (SSSR count). The lowest BCUT2D eigenvalue weighted by Gasteiger charge is -2.07. The number of ether oxygens (including phenoxy) is 2. The van der Waals surface area contributed by atoms with E-state index in [0.29, 0.717) is 12.4 Å². The Hall–Kier alpha value is -3.12. The number of nitrogens with one attached hydrogen (secondary N) is 1. The summed E-state index contributed by atoms with van der Waals surface area (Å²) < 4.78 is 12.1. The topological polar surface area (TPSA) is 59.9 Å². The number of hydrogen-bond acceptors (Lipinski definition) is 4. The van der Waals surface area contributed by atoms with Gasteiger partial charge in [0.05, 0.1) is 6.21 Å². The third kappa shape index (κ3) is 6.55. The molecule has 0 aliphatic rings. The number of benzene rings is 3. The highest BCUT2D eigenvalue weighted by Crippen LogP contribution is 2.16. The van der Waals surface area contributed by atoms with Crippen LogP contribution in [-0.2, 0) is 11.4 Å². The van der Waals surface area contributed by atoms with Crippen LogP contribution in [0.25, 0.3) is 0 Å². The van der Waals surface area contributed by atoms with Gasteiger partial charge in [0.15, 0.2) is 6.61 Å². The zero-order valence-electron chi connectivity index (χ0n) is 15.0. The molecular formula is C22H19BrN2O3. The van der Waals surface area contributed by atoms with Gasteiger partial charge in [0.25, 0.3) is 5.91 Å². The first-order valence-corrected chi connectivity index (χ1v) is 9.45. The van der Waals surface area contributed by atoms with E-state index in [9.17, 15) is 4.79 Å². The van der Waals surface area contributed by atoms with Gasteiger partial charge in [-0.15, -0.1) is 0 Å². The van der Waals surface area contributed by atoms with Crippen LogP contribution >= 0.6 is 15.9 Å². The van der Waals surface area contributed by atoms with Gasteiger partial charge in [-0.25, -0.2) is 5.43 Å². The minimum absolute atomic E-state index is 0.112. The smallest absolute Gasteiger partial charge is 0.277 e. The summed E-state index contributed by atoms with van der Waals surface area (Å²) >= 11 is 3.35. The largest absolute Gasteiger partial charge is 0.489 e. The molecule has 1 amide bonds. The Morgan fingerprint density at radius 2 is 1.71 bits per heavy atom. The Kier molecular flexibility index (Phi) is 7.21. The van der Waals surface area contributed by atoms with Crippen LogP contribution in [0.1, 0.15) is 11.1 Å². The highest BCUT2D eigenvalue weighted by Gasteiger charge is 2.02. The third-order valence-electron chi connectivity index (χ3n) is 3.69. The van der Waals surface area contributed by atoms with Gasteiger partial charge in [-0.2, -0.15) is 5.10 Å². The maximum absolute atomic E-state index is 11.8. The Morgan fingerprint density at radius 1 is 0.929 bits per heavy atom. The molecule has 142 valence electrons. The monoisotopic (exact) mass is 438 g/mol. The van der Waals surface area contributed by atoms with Gasteiger partial charge < -0.3 is 9.47 Å². The van der Waals surface area contributed by atoms with E-state index >= 15 is 0 Å². The molecule has 0 aliphatic heterocycles. The van der Waals surface area contributed by atoms with Crippen molar-refractivity contribution in [2.75, 3.05) is 6.61 Å². The summed E-state index contributed by atoms with van der Waals surface area (Å²) in [5, 5.41) is 3.96. The molecule has 0 aliphatic carbocycles. The summed E-state index contributed by atoms with van der Waals surface area (Å²) in [6.07, 6.45) is 1.56. The molecule has 28 heavy (non-hydrogen) atoms. The summed E-state index contributed by atoms with van der Waals surface area (Å²) in [5.74, 6) is 1.01. The highest BCUT2D eigenvalue weighted by molar-refractivity contribution is 9.10. The molecule has 5 nitrogen and oxygen atoms in total. The fourth-order valence-electron chi connectivity index (χ4n) is 2.32. The lowest BCUT2D eigenvalue weighted by Crippen LogP contribution is -2.24. The average molecular weight is 439 g/mol. The zero-order valence-corrected chi connectivity index (χ0v) is 16.6. The van der Waals surface area contributed by atoms with E-state index in [1.54, 1.807) is 18.3 Å². The predicted molar refractivity (Wildman–Crippen MR) is 113 cm³/mol. The molecule has 0 saturated heterocycles. The summed E-state index contributed by atoms with van der Waals surface area (Å²) in [6, 6.07) is 24.7. The molecule has 0 saturated carbocycles. The predicted octanol–water partition coefficient (Wildman–Crippen LogP) is 4.56. The van der Waals surface area contributed by atoms with Crippen molar-refractivity contribution in [1.82, 2.24) is 5.43 Å². The lowest BCUT2D eigenvalue weighted by molar-refractivity contribution is -0.123. The first-order valence-electron chi connectivity index (χ1n) is 8.66. The fourth-order valence-corrected chi connectivity index (χ4v) is 2.58. The average Bonchev–Trinajstić information content (AvgIpc) is 2.73.